The predicted octanol–water partition coefficient (Wildman–Crippen LogP) is 0.416. The van der Waals surface area contributed by atoms with Crippen molar-refractivity contribution in [3.63, 3.8) is 0 Å². The summed E-state index contributed by atoms with van der Waals surface area (Å²) >= 11 is 0. The Morgan fingerprint density at radius 2 is 2.27 bits per heavy atom. The van der Waals surface area contributed by atoms with E-state index in [9.17, 15) is 5.11 Å². The van der Waals surface area contributed by atoms with E-state index in [4.69, 9.17) is 11.1 Å². The van der Waals surface area contributed by atoms with E-state index in [0.29, 0.717) is 0 Å². The molecule has 60 valence electrons. The van der Waals surface area contributed by atoms with Crippen LogP contribution < -0.4 is 5.73 Å². The van der Waals surface area contributed by atoms with Crippen LogP contribution in [0.15, 0.2) is 24.3 Å². The van der Waals surface area contributed by atoms with Gasteiger partial charge in [0.2, 0.25) is 0 Å². The summed E-state index contributed by atoms with van der Waals surface area (Å²) in [5, 5.41) is 16.8. The SMILES string of the molecule is CC1(O)C=CC=CC1C(=N)N. The first-order valence-electron chi connectivity index (χ1n) is 3.46. The van der Waals surface area contributed by atoms with Crippen LogP contribution in [0.5, 0.6) is 0 Å². The molecule has 0 saturated carbocycles. The van der Waals surface area contributed by atoms with Crippen molar-refractivity contribution in [2.45, 2.75) is 12.5 Å². The predicted molar refractivity (Wildman–Crippen MR) is 44.3 cm³/mol. The number of allylic oxidation sites excluding steroid dienone is 2. The van der Waals surface area contributed by atoms with Gasteiger partial charge in [0.15, 0.2) is 0 Å². The lowest BCUT2D eigenvalue weighted by molar-refractivity contribution is 0.0900. The first-order chi connectivity index (χ1) is 5.04. The Labute approximate surface area is 65.7 Å². The maximum atomic E-state index is 9.65. The third-order valence-corrected chi connectivity index (χ3v) is 1.81. The number of amidine groups is 1. The molecule has 0 amide bonds. The monoisotopic (exact) mass is 152 g/mol. The molecule has 0 aromatic carbocycles. The number of nitrogens with two attached hydrogens (primary N) is 1. The highest BCUT2D eigenvalue weighted by atomic mass is 16.3. The molecule has 3 nitrogen and oxygen atoms in total. The highest BCUT2D eigenvalue weighted by molar-refractivity contribution is 5.83. The lowest BCUT2D eigenvalue weighted by Crippen LogP contribution is -2.40. The highest BCUT2D eigenvalue weighted by Gasteiger charge is 2.30. The van der Waals surface area contributed by atoms with E-state index in [1.807, 2.05) is 0 Å². The number of hydrogen-bond acceptors (Lipinski definition) is 2. The summed E-state index contributed by atoms with van der Waals surface area (Å²) in [6.07, 6.45) is 6.89. The topological polar surface area (TPSA) is 70.1 Å². The molecule has 2 unspecified atom stereocenters. The van der Waals surface area contributed by atoms with Gasteiger partial charge in [-0.2, -0.15) is 0 Å². The van der Waals surface area contributed by atoms with Crippen molar-refractivity contribution in [3.05, 3.63) is 24.3 Å². The molecular formula is C8H12N2O. The minimum Gasteiger partial charge on any atom is -0.387 e. The van der Waals surface area contributed by atoms with Crippen molar-refractivity contribution in [3.8, 4) is 0 Å². The second-order valence-electron chi connectivity index (χ2n) is 2.90. The van der Waals surface area contributed by atoms with Crippen molar-refractivity contribution < 1.29 is 5.11 Å². The molecule has 0 fully saturated rings. The van der Waals surface area contributed by atoms with Crippen molar-refractivity contribution in [1.29, 1.82) is 5.41 Å². The van der Waals surface area contributed by atoms with Gasteiger partial charge in [-0.15, -0.1) is 0 Å². The summed E-state index contributed by atoms with van der Waals surface area (Å²) < 4.78 is 0. The highest BCUT2D eigenvalue weighted by Crippen LogP contribution is 2.23. The third-order valence-electron chi connectivity index (χ3n) is 1.81. The van der Waals surface area contributed by atoms with E-state index in [-0.39, 0.29) is 11.8 Å². The Hall–Kier alpha value is -1.09. The average Bonchev–Trinajstić information content (AvgIpc) is 1.85. The zero-order valence-electron chi connectivity index (χ0n) is 6.41. The Morgan fingerprint density at radius 1 is 1.64 bits per heavy atom. The molecule has 0 aliphatic heterocycles. The van der Waals surface area contributed by atoms with Crippen LogP contribution in [0, 0.1) is 11.3 Å². The molecule has 0 aromatic heterocycles. The normalized spacial score (nSPS) is 35.6. The molecule has 11 heavy (non-hydrogen) atoms. The Kier molecular flexibility index (Phi) is 1.83. The maximum Gasteiger partial charge on any atom is 0.101 e. The van der Waals surface area contributed by atoms with Gasteiger partial charge in [-0.1, -0.05) is 24.3 Å². The minimum absolute atomic E-state index is 0.00407. The molecule has 1 rings (SSSR count). The molecule has 1 aliphatic rings. The molecule has 0 saturated heterocycles. The van der Waals surface area contributed by atoms with Crippen molar-refractivity contribution in [1.82, 2.24) is 0 Å². The molecule has 1 aliphatic carbocycles. The van der Waals surface area contributed by atoms with Gasteiger partial charge in [0.05, 0.1) is 11.5 Å². The van der Waals surface area contributed by atoms with Gasteiger partial charge < -0.3 is 10.8 Å². The lowest BCUT2D eigenvalue weighted by atomic mass is 9.85. The zero-order chi connectivity index (χ0) is 8.48. The van der Waals surface area contributed by atoms with Crippen LogP contribution in [0.2, 0.25) is 0 Å². The van der Waals surface area contributed by atoms with Gasteiger partial charge in [0, 0.05) is 0 Å². The van der Waals surface area contributed by atoms with Crippen LogP contribution >= 0.6 is 0 Å². The van der Waals surface area contributed by atoms with E-state index >= 15 is 0 Å². The van der Waals surface area contributed by atoms with E-state index in [1.54, 1.807) is 31.2 Å². The fourth-order valence-corrected chi connectivity index (χ4v) is 1.14. The standard InChI is InChI=1S/C8H12N2O/c1-8(11)5-3-2-4-6(8)7(9)10/h2-6,11H,1H3,(H3,9,10). The van der Waals surface area contributed by atoms with E-state index in [2.05, 4.69) is 0 Å². The van der Waals surface area contributed by atoms with Crippen molar-refractivity contribution in [2.24, 2.45) is 11.7 Å². The summed E-state index contributed by atoms with van der Waals surface area (Å²) in [7, 11) is 0. The Balaban J connectivity index is 2.89. The summed E-state index contributed by atoms with van der Waals surface area (Å²) in [6.45, 7) is 1.64. The molecule has 2 atom stereocenters. The summed E-state index contributed by atoms with van der Waals surface area (Å²) in [4.78, 5) is 0. The fourth-order valence-electron chi connectivity index (χ4n) is 1.14. The summed E-state index contributed by atoms with van der Waals surface area (Å²) in [6, 6.07) is 0. The van der Waals surface area contributed by atoms with Gasteiger partial charge in [0.25, 0.3) is 0 Å². The van der Waals surface area contributed by atoms with E-state index in [1.165, 1.54) is 0 Å². The van der Waals surface area contributed by atoms with Gasteiger partial charge >= 0.3 is 0 Å². The Bertz CT molecular complexity index is 228. The molecule has 3 heteroatoms. The largest absolute Gasteiger partial charge is 0.387 e. The van der Waals surface area contributed by atoms with Crippen LogP contribution in [0.3, 0.4) is 0 Å². The quantitative estimate of drug-likeness (QED) is 0.376. The van der Waals surface area contributed by atoms with E-state index < -0.39 is 5.60 Å². The first kappa shape index (κ1) is 8.01. The number of nitrogens with one attached hydrogen (secondary N) is 1. The van der Waals surface area contributed by atoms with Gasteiger partial charge in [0.1, 0.15) is 5.84 Å². The third kappa shape index (κ3) is 1.49. The van der Waals surface area contributed by atoms with Gasteiger partial charge in [-0.25, -0.2) is 0 Å². The fraction of sp³-hybridized carbons (Fsp3) is 0.375. The number of aliphatic hydroxyl groups is 1. The smallest absolute Gasteiger partial charge is 0.101 e. The molecule has 0 heterocycles. The summed E-state index contributed by atoms with van der Waals surface area (Å²) in [5.41, 5.74) is 4.28. The van der Waals surface area contributed by atoms with Crippen LogP contribution in [0.1, 0.15) is 6.92 Å². The van der Waals surface area contributed by atoms with Crippen LogP contribution in [0.4, 0.5) is 0 Å². The average molecular weight is 152 g/mol. The lowest BCUT2D eigenvalue weighted by Gasteiger charge is -2.28. The van der Waals surface area contributed by atoms with Crippen molar-refractivity contribution in [2.75, 3.05) is 0 Å². The molecule has 0 aromatic rings. The van der Waals surface area contributed by atoms with Crippen LogP contribution in [-0.4, -0.2) is 16.5 Å². The van der Waals surface area contributed by atoms with Crippen LogP contribution in [-0.2, 0) is 0 Å². The van der Waals surface area contributed by atoms with E-state index in [0.717, 1.165) is 0 Å². The maximum absolute atomic E-state index is 9.65. The second kappa shape index (κ2) is 2.51. The van der Waals surface area contributed by atoms with Gasteiger partial charge in [-0.3, -0.25) is 5.41 Å². The zero-order valence-corrected chi connectivity index (χ0v) is 6.41. The number of rotatable bonds is 1. The van der Waals surface area contributed by atoms with Gasteiger partial charge in [-0.05, 0) is 6.92 Å². The second-order valence-corrected chi connectivity index (χ2v) is 2.90. The molecule has 4 N–H and O–H groups in total. The van der Waals surface area contributed by atoms with Crippen LogP contribution in [0.25, 0.3) is 0 Å². The summed E-state index contributed by atoms with van der Waals surface area (Å²) in [5.74, 6) is -0.386. The van der Waals surface area contributed by atoms with Crippen molar-refractivity contribution >= 4 is 5.84 Å². The minimum atomic E-state index is -0.999. The first-order valence-corrected chi connectivity index (χ1v) is 3.46. The molecule has 0 spiro atoms. The molecular weight excluding hydrogens is 140 g/mol. The number of hydrogen-bond donors (Lipinski definition) is 3. The molecule has 0 radical (unpaired) electrons. The Morgan fingerprint density at radius 3 is 2.64 bits per heavy atom. The molecule has 0 bridgehead atoms.